The smallest absolute Gasteiger partial charge is 0.322 e. The summed E-state index contributed by atoms with van der Waals surface area (Å²) in [6.07, 6.45) is 2.12. The molecule has 1 fully saturated rings. The molecule has 5 nitrogen and oxygen atoms in total. The van der Waals surface area contributed by atoms with Crippen molar-refractivity contribution >= 4 is 23.3 Å². The SMILES string of the molecule is CCCCN(C(=O)NC1CC(=O)N(c2ccc(F)cc2)C1)c1ccccc1. The van der Waals surface area contributed by atoms with Gasteiger partial charge in [-0.25, -0.2) is 9.18 Å². The fraction of sp³-hybridized carbons (Fsp3) is 0.333. The number of urea groups is 1. The van der Waals surface area contributed by atoms with Crippen LogP contribution in [0.5, 0.6) is 0 Å². The van der Waals surface area contributed by atoms with Crippen LogP contribution >= 0.6 is 0 Å². The molecule has 0 bridgehead atoms. The van der Waals surface area contributed by atoms with Gasteiger partial charge in [0.2, 0.25) is 5.91 Å². The molecule has 2 aromatic carbocycles. The molecule has 3 amide bonds. The summed E-state index contributed by atoms with van der Waals surface area (Å²) in [7, 11) is 0. The number of nitrogens with one attached hydrogen (secondary N) is 1. The Morgan fingerprint density at radius 2 is 1.89 bits per heavy atom. The second-order valence-electron chi connectivity index (χ2n) is 6.67. The van der Waals surface area contributed by atoms with Gasteiger partial charge in [0.1, 0.15) is 5.82 Å². The van der Waals surface area contributed by atoms with E-state index in [2.05, 4.69) is 12.2 Å². The first-order valence-electron chi connectivity index (χ1n) is 9.27. The zero-order valence-corrected chi connectivity index (χ0v) is 15.4. The molecule has 0 radical (unpaired) electrons. The average Bonchev–Trinajstić information content (AvgIpc) is 3.03. The molecular formula is C21H24FN3O2. The van der Waals surface area contributed by atoms with Crippen LogP contribution in [0.3, 0.4) is 0 Å². The number of hydrogen-bond donors (Lipinski definition) is 1. The number of hydrogen-bond acceptors (Lipinski definition) is 2. The first-order valence-corrected chi connectivity index (χ1v) is 9.27. The average molecular weight is 369 g/mol. The Bertz CT molecular complexity index is 780. The molecule has 0 spiro atoms. The van der Waals surface area contributed by atoms with E-state index in [0.29, 0.717) is 18.8 Å². The van der Waals surface area contributed by atoms with Crippen LogP contribution in [0.25, 0.3) is 0 Å². The number of carbonyl (C=O) groups excluding carboxylic acids is 2. The van der Waals surface area contributed by atoms with E-state index >= 15 is 0 Å². The van der Waals surface area contributed by atoms with E-state index in [9.17, 15) is 14.0 Å². The lowest BCUT2D eigenvalue weighted by atomic mass is 10.2. The Morgan fingerprint density at radius 3 is 2.56 bits per heavy atom. The number of para-hydroxylation sites is 1. The van der Waals surface area contributed by atoms with E-state index < -0.39 is 0 Å². The number of nitrogens with zero attached hydrogens (tertiary/aromatic N) is 2. The van der Waals surface area contributed by atoms with Crippen molar-refractivity contribution in [3.05, 3.63) is 60.4 Å². The molecule has 142 valence electrons. The maximum absolute atomic E-state index is 13.1. The zero-order valence-electron chi connectivity index (χ0n) is 15.4. The minimum absolute atomic E-state index is 0.0771. The minimum Gasteiger partial charge on any atom is -0.333 e. The fourth-order valence-corrected chi connectivity index (χ4v) is 3.20. The van der Waals surface area contributed by atoms with Crippen molar-refractivity contribution in [3.8, 4) is 0 Å². The summed E-state index contributed by atoms with van der Waals surface area (Å²) < 4.78 is 13.1. The highest BCUT2D eigenvalue weighted by molar-refractivity contribution is 5.98. The van der Waals surface area contributed by atoms with Gasteiger partial charge >= 0.3 is 6.03 Å². The molecule has 0 aliphatic carbocycles. The third-order valence-electron chi connectivity index (χ3n) is 4.64. The maximum Gasteiger partial charge on any atom is 0.322 e. The molecule has 0 saturated carbocycles. The third-order valence-corrected chi connectivity index (χ3v) is 4.64. The van der Waals surface area contributed by atoms with Crippen LogP contribution in [0.2, 0.25) is 0 Å². The topological polar surface area (TPSA) is 52.7 Å². The molecule has 6 heteroatoms. The van der Waals surface area contributed by atoms with Crippen molar-refractivity contribution in [1.29, 1.82) is 0 Å². The van der Waals surface area contributed by atoms with Crippen molar-refractivity contribution in [1.82, 2.24) is 5.32 Å². The van der Waals surface area contributed by atoms with Crippen molar-refractivity contribution in [3.63, 3.8) is 0 Å². The second-order valence-corrected chi connectivity index (χ2v) is 6.67. The van der Waals surface area contributed by atoms with Crippen molar-refractivity contribution < 1.29 is 14.0 Å². The number of halogens is 1. The Hall–Kier alpha value is -2.89. The van der Waals surface area contributed by atoms with E-state index in [1.54, 1.807) is 21.9 Å². The lowest BCUT2D eigenvalue weighted by Crippen LogP contribution is -2.46. The Morgan fingerprint density at radius 1 is 1.19 bits per heavy atom. The third kappa shape index (κ3) is 4.64. The van der Waals surface area contributed by atoms with Crippen LogP contribution in [-0.2, 0) is 4.79 Å². The molecular weight excluding hydrogens is 345 g/mol. The van der Waals surface area contributed by atoms with Gasteiger partial charge in [-0.05, 0) is 42.8 Å². The molecule has 1 atom stereocenters. The van der Waals surface area contributed by atoms with Gasteiger partial charge in [0, 0.05) is 30.9 Å². The van der Waals surface area contributed by atoms with Crippen LogP contribution < -0.4 is 15.1 Å². The largest absolute Gasteiger partial charge is 0.333 e. The predicted molar refractivity (Wildman–Crippen MR) is 104 cm³/mol. The monoisotopic (exact) mass is 369 g/mol. The van der Waals surface area contributed by atoms with Gasteiger partial charge in [0.05, 0.1) is 6.04 Å². The number of anilines is 2. The molecule has 0 aromatic heterocycles. The van der Waals surface area contributed by atoms with E-state index in [0.717, 1.165) is 18.5 Å². The van der Waals surface area contributed by atoms with Crippen molar-refractivity contribution in [2.75, 3.05) is 22.9 Å². The van der Waals surface area contributed by atoms with Crippen LogP contribution in [0.1, 0.15) is 26.2 Å². The highest BCUT2D eigenvalue weighted by atomic mass is 19.1. The minimum atomic E-state index is -0.343. The molecule has 1 aliphatic heterocycles. The standard InChI is InChI=1S/C21H24FN3O2/c1-2-3-13-24(18-7-5-4-6-8-18)21(27)23-17-14-20(26)25(15-17)19-11-9-16(22)10-12-19/h4-12,17H,2-3,13-15H2,1H3,(H,23,27). The Labute approximate surface area is 158 Å². The normalized spacial score (nSPS) is 16.4. The molecule has 27 heavy (non-hydrogen) atoms. The highest BCUT2D eigenvalue weighted by Crippen LogP contribution is 2.22. The molecule has 2 aromatic rings. The summed E-state index contributed by atoms with van der Waals surface area (Å²) in [6, 6.07) is 14.9. The fourth-order valence-electron chi connectivity index (χ4n) is 3.20. The van der Waals surface area contributed by atoms with Crippen LogP contribution in [0.15, 0.2) is 54.6 Å². The Balaban J connectivity index is 1.67. The van der Waals surface area contributed by atoms with Gasteiger partial charge in [0.15, 0.2) is 0 Å². The molecule has 1 saturated heterocycles. The van der Waals surface area contributed by atoms with E-state index in [1.807, 2.05) is 30.3 Å². The van der Waals surface area contributed by atoms with Crippen molar-refractivity contribution in [2.24, 2.45) is 0 Å². The number of carbonyl (C=O) groups is 2. The van der Waals surface area contributed by atoms with Gasteiger partial charge in [0.25, 0.3) is 0 Å². The first-order chi connectivity index (χ1) is 13.1. The Kier molecular flexibility index (Phi) is 6.06. The number of benzene rings is 2. The maximum atomic E-state index is 13.1. The number of unbranched alkanes of at least 4 members (excludes halogenated alkanes) is 1. The van der Waals surface area contributed by atoms with E-state index in [1.165, 1.54) is 12.1 Å². The molecule has 1 heterocycles. The first kappa shape index (κ1) is 18.9. The summed E-state index contributed by atoms with van der Waals surface area (Å²) in [5.41, 5.74) is 1.48. The lowest BCUT2D eigenvalue weighted by molar-refractivity contribution is -0.117. The van der Waals surface area contributed by atoms with Gasteiger partial charge < -0.3 is 10.2 Å². The van der Waals surface area contributed by atoms with Gasteiger partial charge in [-0.15, -0.1) is 0 Å². The summed E-state index contributed by atoms with van der Waals surface area (Å²) in [5, 5.41) is 2.98. The highest BCUT2D eigenvalue weighted by Gasteiger charge is 2.32. The second kappa shape index (κ2) is 8.66. The summed E-state index contributed by atoms with van der Waals surface area (Å²) in [6.45, 7) is 3.08. The van der Waals surface area contributed by atoms with Gasteiger partial charge in [-0.3, -0.25) is 9.69 Å². The molecule has 1 unspecified atom stereocenters. The van der Waals surface area contributed by atoms with Gasteiger partial charge in [-0.2, -0.15) is 0 Å². The van der Waals surface area contributed by atoms with Crippen LogP contribution in [-0.4, -0.2) is 31.1 Å². The molecule has 1 N–H and O–H groups in total. The number of amides is 3. The summed E-state index contributed by atoms with van der Waals surface area (Å²) in [5.74, 6) is -0.420. The van der Waals surface area contributed by atoms with E-state index in [-0.39, 0.29) is 30.2 Å². The lowest BCUT2D eigenvalue weighted by Gasteiger charge is -2.25. The quantitative estimate of drug-likeness (QED) is 0.838. The van der Waals surface area contributed by atoms with Crippen molar-refractivity contribution in [2.45, 2.75) is 32.2 Å². The van der Waals surface area contributed by atoms with Crippen LogP contribution in [0, 0.1) is 5.82 Å². The number of rotatable bonds is 6. The summed E-state index contributed by atoms with van der Waals surface area (Å²) in [4.78, 5) is 28.5. The van der Waals surface area contributed by atoms with Gasteiger partial charge in [-0.1, -0.05) is 31.5 Å². The molecule has 3 rings (SSSR count). The predicted octanol–water partition coefficient (Wildman–Crippen LogP) is 3.95. The zero-order chi connectivity index (χ0) is 19.2. The summed E-state index contributed by atoms with van der Waals surface area (Å²) >= 11 is 0. The molecule has 1 aliphatic rings. The van der Waals surface area contributed by atoms with Crippen LogP contribution in [0.4, 0.5) is 20.6 Å². The van der Waals surface area contributed by atoms with E-state index in [4.69, 9.17) is 0 Å².